The molecule has 0 amide bonds. The number of benzene rings is 1. The Balaban J connectivity index is 1.65. The molecule has 1 fully saturated rings. The van der Waals surface area contributed by atoms with Gasteiger partial charge in [-0.25, -0.2) is 4.39 Å². The Kier molecular flexibility index (Phi) is 4.06. The number of aromatic nitrogens is 2. The Labute approximate surface area is 136 Å². The van der Waals surface area contributed by atoms with Crippen molar-refractivity contribution in [1.29, 1.82) is 0 Å². The van der Waals surface area contributed by atoms with E-state index >= 15 is 0 Å². The van der Waals surface area contributed by atoms with E-state index in [0.717, 1.165) is 17.4 Å². The van der Waals surface area contributed by atoms with Crippen molar-refractivity contribution in [1.82, 2.24) is 9.78 Å². The third-order valence-electron chi connectivity index (χ3n) is 4.70. The summed E-state index contributed by atoms with van der Waals surface area (Å²) in [5.74, 6) is -0.208. The van der Waals surface area contributed by atoms with Crippen LogP contribution in [-0.4, -0.2) is 28.1 Å². The lowest BCUT2D eigenvalue weighted by Gasteiger charge is -2.32. The minimum Gasteiger partial charge on any atom is -0.399 e. The lowest BCUT2D eigenvalue weighted by molar-refractivity contribution is 0.00578. The van der Waals surface area contributed by atoms with Gasteiger partial charge < -0.3 is 9.31 Å². The summed E-state index contributed by atoms with van der Waals surface area (Å²) in [6.07, 6.45) is 4.43. The topological polar surface area (TPSA) is 36.3 Å². The van der Waals surface area contributed by atoms with Gasteiger partial charge in [0.1, 0.15) is 5.82 Å². The molecule has 122 valence electrons. The van der Waals surface area contributed by atoms with E-state index in [1.807, 2.05) is 44.6 Å². The smallest absolute Gasteiger partial charge is 0.399 e. The molecule has 0 atom stereocenters. The predicted molar refractivity (Wildman–Crippen MR) is 88.0 cm³/mol. The van der Waals surface area contributed by atoms with Crippen LogP contribution in [0.25, 0.3) is 0 Å². The van der Waals surface area contributed by atoms with Crippen LogP contribution in [0.5, 0.6) is 0 Å². The van der Waals surface area contributed by atoms with Crippen molar-refractivity contribution < 1.29 is 13.7 Å². The molecule has 0 aliphatic carbocycles. The summed E-state index contributed by atoms with van der Waals surface area (Å²) in [6.45, 7) is 8.80. The highest BCUT2D eigenvalue weighted by Crippen LogP contribution is 2.36. The summed E-state index contributed by atoms with van der Waals surface area (Å²) in [7, 11) is -0.400. The van der Waals surface area contributed by atoms with E-state index in [1.54, 1.807) is 18.3 Å². The maximum Gasteiger partial charge on any atom is 0.498 e. The van der Waals surface area contributed by atoms with Gasteiger partial charge in [0.25, 0.3) is 0 Å². The van der Waals surface area contributed by atoms with Gasteiger partial charge in [0.2, 0.25) is 0 Å². The fourth-order valence-corrected chi connectivity index (χ4v) is 2.54. The Morgan fingerprint density at radius 2 is 1.87 bits per heavy atom. The van der Waals surface area contributed by atoms with Gasteiger partial charge in [-0.3, -0.25) is 4.68 Å². The van der Waals surface area contributed by atoms with Crippen LogP contribution in [0.2, 0.25) is 0 Å². The zero-order chi connectivity index (χ0) is 16.7. The van der Waals surface area contributed by atoms with E-state index in [2.05, 4.69) is 5.10 Å². The first kappa shape index (κ1) is 16.2. The molecule has 6 heteroatoms. The Hall–Kier alpha value is -1.66. The molecule has 0 spiro atoms. The summed E-state index contributed by atoms with van der Waals surface area (Å²) in [4.78, 5) is 0. The molecule has 0 N–H and O–H groups in total. The van der Waals surface area contributed by atoms with Crippen LogP contribution in [0.1, 0.15) is 33.3 Å². The number of nitrogens with zero attached hydrogens (tertiary/aromatic N) is 2. The van der Waals surface area contributed by atoms with Crippen LogP contribution in [-0.2, 0) is 22.3 Å². The second-order valence-corrected chi connectivity index (χ2v) is 7.00. The predicted octanol–water partition coefficient (Wildman–Crippen LogP) is 2.56. The van der Waals surface area contributed by atoms with Crippen LogP contribution in [0.4, 0.5) is 4.39 Å². The van der Waals surface area contributed by atoms with E-state index in [9.17, 15) is 4.39 Å². The lowest BCUT2D eigenvalue weighted by atomic mass is 9.82. The molecule has 0 radical (unpaired) electrons. The van der Waals surface area contributed by atoms with E-state index < -0.39 is 7.12 Å². The summed E-state index contributed by atoms with van der Waals surface area (Å²) >= 11 is 0. The monoisotopic (exact) mass is 316 g/mol. The Morgan fingerprint density at radius 3 is 2.52 bits per heavy atom. The SMILES string of the molecule is CC1(C)OB(c2cnn(CCc3cccc(F)c3)c2)OC1(C)C. The fraction of sp³-hybridized carbons (Fsp3) is 0.471. The van der Waals surface area contributed by atoms with E-state index in [4.69, 9.17) is 9.31 Å². The molecule has 23 heavy (non-hydrogen) atoms. The van der Waals surface area contributed by atoms with Crippen molar-refractivity contribution in [3.05, 3.63) is 48.0 Å². The van der Waals surface area contributed by atoms with Gasteiger partial charge >= 0.3 is 7.12 Å². The van der Waals surface area contributed by atoms with Crippen molar-refractivity contribution in [2.45, 2.75) is 51.9 Å². The Morgan fingerprint density at radius 1 is 1.17 bits per heavy atom. The third-order valence-corrected chi connectivity index (χ3v) is 4.70. The van der Waals surface area contributed by atoms with Gasteiger partial charge in [-0.2, -0.15) is 5.10 Å². The molecule has 0 unspecified atom stereocenters. The summed E-state index contributed by atoms with van der Waals surface area (Å²) in [5, 5.41) is 4.36. The zero-order valence-electron chi connectivity index (χ0n) is 14.0. The molecule has 1 aromatic heterocycles. The molecular weight excluding hydrogens is 294 g/mol. The Bertz CT molecular complexity index is 683. The highest BCUT2D eigenvalue weighted by atomic mass is 19.1. The number of aryl methyl sites for hydroxylation is 2. The average molecular weight is 316 g/mol. The summed E-state index contributed by atoms with van der Waals surface area (Å²) < 4.78 is 27.1. The normalized spacial score (nSPS) is 19.3. The van der Waals surface area contributed by atoms with E-state index in [0.29, 0.717) is 6.54 Å². The molecule has 1 saturated heterocycles. The largest absolute Gasteiger partial charge is 0.498 e. The van der Waals surface area contributed by atoms with Crippen molar-refractivity contribution in [2.75, 3.05) is 0 Å². The first-order chi connectivity index (χ1) is 10.8. The summed E-state index contributed by atoms with van der Waals surface area (Å²) in [6, 6.07) is 6.65. The average Bonchev–Trinajstić information content (AvgIpc) is 3.00. The van der Waals surface area contributed by atoms with Gasteiger partial charge in [-0.15, -0.1) is 0 Å². The zero-order valence-corrected chi connectivity index (χ0v) is 14.0. The second-order valence-electron chi connectivity index (χ2n) is 7.00. The van der Waals surface area contributed by atoms with Gasteiger partial charge in [0.15, 0.2) is 0 Å². The van der Waals surface area contributed by atoms with Gasteiger partial charge in [-0.05, 0) is 51.8 Å². The molecule has 2 heterocycles. The molecule has 3 rings (SSSR count). The number of halogens is 1. The first-order valence-electron chi connectivity index (χ1n) is 7.89. The molecule has 1 aliphatic heterocycles. The molecular formula is C17H22BFN2O2. The third kappa shape index (κ3) is 3.33. The molecule has 0 saturated carbocycles. The minimum atomic E-state index is -0.400. The standard InChI is InChI=1S/C17H22BFN2O2/c1-16(2)17(3,4)23-18(22-16)14-11-20-21(12-14)9-8-13-6-5-7-15(19)10-13/h5-7,10-12H,8-9H2,1-4H3. The second kappa shape index (κ2) is 5.76. The summed E-state index contributed by atoms with van der Waals surface area (Å²) in [5.41, 5.74) is 1.14. The molecule has 4 nitrogen and oxygen atoms in total. The molecule has 0 bridgehead atoms. The van der Waals surface area contributed by atoms with Crippen LogP contribution >= 0.6 is 0 Å². The van der Waals surface area contributed by atoms with E-state index in [1.165, 1.54) is 6.07 Å². The van der Waals surface area contributed by atoms with Gasteiger partial charge in [0, 0.05) is 24.4 Å². The molecule has 1 aliphatic rings. The highest BCUT2D eigenvalue weighted by molar-refractivity contribution is 6.61. The maximum atomic E-state index is 13.2. The van der Waals surface area contributed by atoms with Crippen LogP contribution in [0.3, 0.4) is 0 Å². The quantitative estimate of drug-likeness (QED) is 0.814. The molecule has 1 aromatic carbocycles. The lowest BCUT2D eigenvalue weighted by Crippen LogP contribution is -2.41. The first-order valence-corrected chi connectivity index (χ1v) is 7.89. The van der Waals surface area contributed by atoms with Crippen LogP contribution in [0.15, 0.2) is 36.7 Å². The maximum absolute atomic E-state index is 13.2. The van der Waals surface area contributed by atoms with Crippen LogP contribution in [0, 0.1) is 5.82 Å². The van der Waals surface area contributed by atoms with Crippen molar-refractivity contribution in [3.63, 3.8) is 0 Å². The van der Waals surface area contributed by atoms with Gasteiger partial charge in [-0.1, -0.05) is 12.1 Å². The number of rotatable bonds is 4. The van der Waals surface area contributed by atoms with Crippen molar-refractivity contribution >= 4 is 12.6 Å². The fourth-order valence-electron chi connectivity index (χ4n) is 2.54. The number of hydrogen-bond donors (Lipinski definition) is 0. The van der Waals surface area contributed by atoms with Crippen molar-refractivity contribution in [3.8, 4) is 0 Å². The number of hydrogen-bond acceptors (Lipinski definition) is 3. The highest BCUT2D eigenvalue weighted by Gasteiger charge is 2.52. The van der Waals surface area contributed by atoms with Crippen LogP contribution < -0.4 is 5.46 Å². The van der Waals surface area contributed by atoms with Gasteiger partial charge in [0.05, 0.1) is 11.2 Å². The van der Waals surface area contributed by atoms with Crippen molar-refractivity contribution in [2.24, 2.45) is 0 Å². The van der Waals surface area contributed by atoms with E-state index in [-0.39, 0.29) is 17.0 Å². The minimum absolute atomic E-state index is 0.208. The molecule has 2 aromatic rings.